The summed E-state index contributed by atoms with van der Waals surface area (Å²) in [6.07, 6.45) is 1.62. The zero-order chi connectivity index (χ0) is 20.2. The molecule has 1 aromatic rings. The maximum Gasteiger partial charge on any atom is 0.408 e. The van der Waals surface area contributed by atoms with E-state index < -0.39 is 17.2 Å². The van der Waals surface area contributed by atoms with Crippen LogP contribution in [-0.4, -0.2) is 36.2 Å². The van der Waals surface area contributed by atoms with Crippen molar-refractivity contribution in [3.8, 4) is 0 Å². The van der Waals surface area contributed by atoms with Gasteiger partial charge < -0.3 is 20.3 Å². The number of alkyl carbamates (subject to hydrolysis) is 1. The van der Waals surface area contributed by atoms with E-state index in [4.69, 9.17) is 4.74 Å². The molecule has 0 aliphatic carbocycles. The topological polar surface area (TPSA) is 70.7 Å². The van der Waals surface area contributed by atoms with Crippen molar-refractivity contribution < 1.29 is 18.7 Å². The number of nitrogens with zero attached hydrogens (tertiary/aromatic N) is 1. The van der Waals surface area contributed by atoms with Crippen LogP contribution < -0.4 is 15.5 Å². The lowest BCUT2D eigenvalue weighted by atomic mass is 10.0. The van der Waals surface area contributed by atoms with Gasteiger partial charge in [-0.2, -0.15) is 0 Å². The van der Waals surface area contributed by atoms with E-state index in [0.717, 1.165) is 31.6 Å². The predicted molar refractivity (Wildman–Crippen MR) is 105 cm³/mol. The number of amides is 2. The van der Waals surface area contributed by atoms with E-state index in [2.05, 4.69) is 15.5 Å². The Balaban J connectivity index is 1.97. The van der Waals surface area contributed by atoms with E-state index in [1.807, 2.05) is 0 Å². The Hall–Kier alpha value is -2.31. The van der Waals surface area contributed by atoms with Gasteiger partial charge in [-0.15, -0.1) is 0 Å². The molecule has 2 N–H and O–H groups in total. The number of hydrogen-bond acceptors (Lipinski definition) is 4. The summed E-state index contributed by atoms with van der Waals surface area (Å²) in [7, 11) is 0. The van der Waals surface area contributed by atoms with Crippen LogP contribution >= 0.6 is 0 Å². The Morgan fingerprint density at radius 3 is 2.33 bits per heavy atom. The van der Waals surface area contributed by atoms with Crippen LogP contribution in [0.4, 0.5) is 20.6 Å². The van der Waals surface area contributed by atoms with Crippen molar-refractivity contribution in [2.24, 2.45) is 0 Å². The predicted octanol–water partition coefficient (Wildman–Crippen LogP) is 4.06. The van der Waals surface area contributed by atoms with Gasteiger partial charge in [-0.05, 0) is 65.7 Å². The van der Waals surface area contributed by atoms with Crippen molar-refractivity contribution in [3.63, 3.8) is 0 Å². The molecule has 27 heavy (non-hydrogen) atoms. The Kier molecular flexibility index (Phi) is 6.34. The number of halogens is 1. The SMILES string of the molecule is CC(C)(CC(=O)Nc1cc(F)cc(N2CCCC2)c1)NC(=O)OC(C)(C)C. The number of benzene rings is 1. The molecule has 1 fully saturated rings. The lowest BCUT2D eigenvalue weighted by molar-refractivity contribution is -0.117. The van der Waals surface area contributed by atoms with Gasteiger partial charge >= 0.3 is 6.09 Å². The molecular formula is C20H30FN3O3. The number of nitrogens with one attached hydrogen (secondary N) is 2. The van der Waals surface area contributed by atoms with Gasteiger partial charge in [0.05, 0.1) is 0 Å². The van der Waals surface area contributed by atoms with Crippen LogP contribution in [0.2, 0.25) is 0 Å². The lowest BCUT2D eigenvalue weighted by Crippen LogP contribution is -2.47. The van der Waals surface area contributed by atoms with E-state index >= 15 is 0 Å². The molecule has 0 atom stereocenters. The second-order valence-electron chi connectivity index (χ2n) is 8.63. The molecular weight excluding hydrogens is 349 g/mol. The zero-order valence-electron chi connectivity index (χ0n) is 16.8. The smallest absolute Gasteiger partial charge is 0.408 e. The lowest BCUT2D eigenvalue weighted by Gasteiger charge is -2.28. The molecule has 1 saturated heterocycles. The fraction of sp³-hybridized carbons (Fsp3) is 0.600. The fourth-order valence-electron chi connectivity index (χ4n) is 3.03. The van der Waals surface area contributed by atoms with Gasteiger partial charge in [0, 0.05) is 36.4 Å². The Morgan fingerprint density at radius 1 is 1.11 bits per heavy atom. The summed E-state index contributed by atoms with van der Waals surface area (Å²) in [5, 5.41) is 5.42. The molecule has 150 valence electrons. The molecule has 0 aromatic heterocycles. The third-order valence-corrected chi connectivity index (χ3v) is 4.08. The molecule has 1 aliphatic heterocycles. The van der Waals surface area contributed by atoms with Crippen molar-refractivity contribution in [1.29, 1.82) is 0 Å². The van der Waals surface area contributed by atoms with Crippen LogP contribution in [0.5, 0.6) is 0 Å². The van der Waals surface area contributed by atoms with Crippen LogP contribution in [0.1, 0.15) is 53.9 Å². The minimum Gasteiger partial charge on any atom is -0.444 e. The van der Waals surface area contributed by atoms with Gasteiger partial charge in [-0.25, -0.2) is 9.18 Å². The standard InChI is InChI=1S/C20H30FN3O3/c1-19(2,3)27-18(26)23-20(4,5)13-17(25)22-15-10-14(21)11-16(12-15)24-8-6-7-9-24/h10-12H,6-9,13H2,1-5H3,(H,22,25)(H,23,26). The average Bonchev–Trinajstić information content (AvgIpc) is 2.96. The van der Waals surface area contributed by atoms with Gasteiger partial charge in [0.1, 0.15) is 11.4 Å². The van der Waals surface area contributed by atoms with E-state index in [-0.39, 0.29) is 18.1 Å². The van der Waals surface area contributed by atoms with E-state index in [9.17, 15) is 14.0 Å². The maximum atomic E-state index is 13.9. The van der Waals surface area contributed by atoms with Crippen molar-refractivity contribution >= 4 is 23.4 Å². The molecule has 7 heteroatoms. The Labute approximate surface area is 160 Å². The highest BCUT2D eigenvalue weighted by atomic mass is 19.1. The van der Waals surface area contributed by atoms with Crippen LogP contribution in [0.15, 0.2) is 18.2 Å². The minimum absolute atomic E-state index is 0.0296. The summed E-state index contributed by atoms with van der Waals surface area (Å²) in [4.78, 5) is 26.4. The summed E-state index contributed by atoms with van der Waals surface area (Å²) in [6, 6.07) is 4.56. The normalized spacial score (nSPS) is 14.8. The molecule has 1 aromatic carbocycles. The quantitative estimate of drug-likeness (QED) is 0.809. The number of rotatable bonds is 5. The van der Waals surface area contributed by atoms with Crippen molar-refractivity contribution in [2.45, 2.75) is 65.0 Å². The van der Waals surface area contributed by atoms with Crippen LogP contribution in [0.25, 0.3) is 0 Å². The Bertz CT molecular complexity index is 692. The summed E-state index contributed by atoms with van der Waals surface area (Å²) in [5.41, 5.74) is -0.239. The second-order valence-corrected chi connectivity index (χ2v) is 8.63. The van der Waals surface area contributed by atoms with Gasteiger partial charge in [-0.1, -0.05) is 0 Å². The van der Waals surface area contributed by atoms with Crippen LogP contribution in [0, 0.1) is 5.82 Å². The Morgan fingerprint density at radius 2 is 1.74 bits per heavy atom. The average molecular weight is 379 g/mol. The maximum absolute atomic E-state index is 13.9. The molecule has 0 spiro atoms. The van der Waals surface area contributed by atoms with Crippen molar-refractivity contribution in [1.82, 2.24) is 5.32 Å². The third-order valence-electron chi connectivity index (χ3n) is 4.08. The summed E-state index contributed by atoms with van der Waals surface area (Å²) >= 11 is 0. The molecule has 0 radical (unpaired) electrons. The largest absolute Gasteiger partial charge is 0.444 e. The van der Waals surface area contributed by atoms with Gasteiger partial charge in [0.2, 0.25) is 5.91 Å². The first-order chi connectivity index (χ1) is 12.4. The molecule has 0 bridgehead atoms. The first-order valence-corrected chi connectivity index (χ1v) is 9.30. The number of carbonyl (C=O) groups excluding carboxylic acids is 2. The summed E-state index contributed by atoms with van der Waals surface area (Å²) in [5.74, 6) is -0.699. The number of hydrogen-bond donors (Lipinski definition) is 2. The first kappa shape index (κ1) is 21.0. The van der Waals surface area contributed by atoms with E-state index in [0.29, 0.717) is 5.69 Å². The minimum atomic E-state index is -0.808. The van der Waals surface area contributed by atoms with Crippen LogP contribution in [0.3, 0.4) is 0 Å². The summed E-state index contributed by atoms with van der Waals surface area (Å²) < 4.78 is 19.2. The summed E-state index contributed by atoms with van der Waals surface area (Å²) in [6.45, 7) is 10.6. The number of anilines is 2. The van der Waals surface area contributed by atoms with Crippen LogP contribution in [-0.2, 0) is 9.53 Å². The molecule has 0 saturated carbocycles. The van der Waals surface area contributed by atoms with Gasteiger partial charge in [-0.3, -0.25) is 4.79 Å². The molecule has 1 heterocycles. The monoisotopic (exact) mass is 379 g/mol. The number of ether oxygens (including phenoxy) is 1. The molecule has 2 amide bonds. The molecule has 1 aliphatic rings. The van der Waals surface area contributed by atoms with Crippen molar-refractivity contribution in [2.75, 3.05) is 23.3 Å². The van der Waals surface area contributed by atoms with Gasteiger partial charge in [0.15, 0.2) is 0 Å². The van der Waals surface area contributed by atoms with E-state index in [1.165, 1.54) is 12.1 Å². The third kappa shape index (κ3) is 7.07. The first-order valence-electron chi connectivity index (χ1n) is 9.30. The zero-order valence-corrected chi connectivity index (χ0v) is 16.8. The van der Waals surface area contributed by atoms with Gasteiger partial charge in [0.25, 0.3) is 0 Å². The fourth-order valence-corrected chi connectivity index (χ4v) is 3.03. The highest BCUT2D eigenvalue weighted by Gasteiger charge is 2.27. The second kappa shape index (κ2) is 8.15. The molecule has 6 nitrogen and oxygen atoms in total. The molecule has 2 rings (SSSR count). The highest BCUT2D eigenvalue weighted by molar-refractivity contribution is 5.92. The van der Waals surface area contributed by atoms with Crippen molar-refractivity contribution in [3.05, 3.63) is 24.0 Å². The molecule has 0 unspecified atom stereocenters. The van der Waals surface area contributed by atoms with E-state index in [1.54, 1.807) is 40.7 Å². The highest BCUT2D eigenvalue weighted by Crippen LogP contribution is 2.25. The number of carbonyl (C=O) groups is 2.